The number of carboxylic acids is 1. The molecular formula is C29H19N5O2. The molecule has 0 amide bonds. The van der Waals surface area contributed by atoms with Gasteiger partial charge < -0.3 is 5.11 Å². The maximum Gasteiger partial charge on any atom is 0.335 e. The van der Waals surface area contributed by atoms with Gasteiger partial charge in [-0.1, -0.05) is 60.7 Å². The lowest BCUT2D eigenvalue weighted by molar-refractivity contribution is 0.0697. The van der Waals surface area contributed by atoms with Crippen LogP contribution in [0.1, 0.15) is 10.4 Å². The first-order valence-corrected chi connectivity index (χ1v) is 11.3. The molecule has 172 valence electrons. The normalized spacial score (nSPS) is 11.0. The number of rotatable bonds is 5. The first kappa shape index (κ1) is 21.4. The summed E-state index contributed by atoms with van der Waals surface area (Å²) < 4.78 is 1.67. The number of carbonyl (C=O) groups is 1. The third kappa shape index (κ3) is 3.99. The van der Waals surface area contributed by atoms with Crippen molar-refractivity contribution in [3.63, 3.8) is 0 Å². The van der Waals surface area contributed by atoms with Crippen molar-refractivity contribution in [3.05, 3.63) is 115 Å². The minimum atomic E-state index is -1.00. The fourth-order valence-electron chi connectivity index (χ4n) is 4.12. The molecule has 0 radical (unpaired) electrons. The summed E-state index contributed by atoms with van der Waals surface area (Å²) in [7, 11) is 0. The molecule has 0 aliphatic heterocycles. The van der Waals surface area contributed by atoms with Gasteiger partial charge in [-0.25, -0.2) is 14.5 Å². The number of hydrogen-bond acceptors (Lipinski definition) is 5. The number of aromatic nitrogens is 5. The lowest BCUT2D eigenvalue weighted by Gasteiger charge is -2.07. The maximum atomic E-state index is 11.6. The monoisotopic (exact) mass is 469 g/mol. The number of hydrogen-bond donors (Lipinski definition) is 1. The molecule has 7 nitrogen and oxygen atoms in total. The van der Waals surface area contributed by atoms with Gasteiger partial charge in [-0.3, -0.25) is 9.97 Å². The zero-order chi connectivity index (χ0) is 24.5. The second kappa shape index (κ2) is 8.88. The molecule has 6 rings (SSSR count). The van der Waals surface area contributed by atoms with E-state index in [9.17, 15) is 9.90 Å². The second-order valence-corrected chi connectivity index (χ2v) is 8.23. The van der Waals surface area contributed by atoms with Crippen LogP contribution in [0, 0.1) is 0 Å². The van der Waals surface area contributed by atoms with Gasteiger partial charge in [0.05, 0.1) is 22.3 Å². The Hall–Kier alpha value is -5.17. The SMILES string of the molecule is O=C(O)c1cccc(-n2nc(-c3ccc(-c4ccccc4)cc3)nc2-c2ccc3nccnc3c2)c1. The zero-order valence-electron chi connectivity index (χ0n) is 19.0. The third-order valence-corrected chi connectivity index (χ3v) is 5.92. The van der Waals surface area contributed by atoms with Crippen LogP contribution < -0.4 is 0 Å². The van der Waals surface area contributed by atoms with E-state index in [-0.39, 0.29) is 5.56 Å². The minimum Gasteiger partial charge on any atom is -0.478 e. The Labute approximate surface area is 206 Å². The van der Waals surface area contributed by atoms with E-state index in [1.165, 1.54) is 0 Å². The summed E-state index contributed by atoms with van der Waals surface area (Å²) in [5.74, 6) is 0.105. The summed E-state index contributed by atoms with van der Waals surface area (Å²) in [6.45, 7) is 0. The zero-order valence-corrected chi connectivity index (χ0v) is 19.0. The smallest absolute Gasteiger partial charge is 0.335 e. The van der Waals surface area contributed by atoms with Crippen molar-refractivity contribution in [2.75, 3.05) is 0 Å². The molecule has 7 heteroatoms. The van der Waals surface area contributed by atoms with E-state index in [2.05, 4.69) is 22.1 Å². The molecule has 0 aliphatic rings. The van der Waals surface area contributed by atoms with Crippen molar-refractivity contribution < 1.29 is 9.90 Å². The van der Waals surface area contributed by atoms with Crippen molar-refractivity contribution in [2.45, 2.75) is 0 Å². The van der Waals surface area contributed by atoms with E-state index >= 15 is 0 Å². The average Bonchev–Trinajstić information content (AvgIpc) is 3.39. The van der Waals surface area contributed by atoms with Crippen molar-refractivity contribution >= 4 is 17.0 Å². The summed E-state index contributed by atoms with van der Waals surface area (Å²) in [6.07, 6.45) is 3.30. The van der Waals surface area contributed by atoms with Crippen LogP contribution in [0.2, 0.25) is 0 Å². The quantitative estimate of drug-likeness (QED) is 0.337. The maximum absolute atomic E-state index is 11.6. The molecule has 2 heterocycles. The molecule has 36 heavy (non-hydrogen) atoms. The summed E-state index contributed by atoms with van der Waals surface area (Å²) in [5, 5.41) is 14.3. The van der Waals surface area contributed by atoms with Gasteiger partial charge in [0, 0.05) is 23.5 Å². The molecular weight excluding hydrogens is 450 g/mol. The molecule has 0 bridgehead atoms. The molecule has 4 aromatic carbocycles. The minimum absolute atomic E-state index is 0.173. The van der Waals surface area contributed by atoms with Gasteiger partial charge in [-0.2, -0.15) is 0 Å². The Kier molecular flexibility index (Phi) is 5.27. The van der Waals surface area contributed by atoms with Crippen LogP contribution in [0.25, 0.3) is 50.6 Å². The molecule has 0 saturated heterocycles. The number of benzene rings is 4. The lowest BCUT2D eigenvalue weighted by atomic mass is 10.0. The highest BCUT2D eigenvalue weighted by Gasteiger charge is 2.17. The largest absolute Gasteiger partial charge is 0.478 e. The Bertz CT molecular complexity index is 1710. The van der Waals surface area contributed by atoms with E-state index in [1.807, 2.05) is 66.7 Å². The molecule has 0 spiro atoms. The highest BCUT2D eigenvalue weighted by Crippen LogP contribution is 2.29. The van der Waals surface area contributed by atoms with Gasteiger partial charge >= 0.3 is 5.97 Å². The summed E-state index contributed by atoms with van der Waals surface area (Å²) in [6, 6.07) is 30.6. The highest BCUT2D eigenvalue weighted by molar-refractivity contribution is 5.88. The Balaban J connectivity index is 1.48. The molecule has 0 aliphatic carbocycles. The lowest BCUT2D eigenvalue weighted by Crippen LogP contribution is -2.03. The fourth-order valence-corrected chi connectivity index (χ4v) is 4.12. The summed E-state index contributed by atoms with van der Waals surface area (Å²) in [5.41, 5.74) is 6.16. The van der Waals surface area contributed by atoms with Crippen LogP contribution in [-0.4, -0.2) is 35.8 Å². The Morgan fingerprint density at radius 2 is 1.36 bits per heavy atom. The Morgan fingerprint density at radius 1 is 0.667 bits per heavy atom. The van der Waals surface area contributed by atoms with Gasteiger partial charge in [-0.15, -0.1) is 5.10 Å². The standard InChI is InChI=1S/C29H19N5O2/c35-29(36)23-7-4-8-24(17-23)34-28(22-13-14-25-26(18-22)31-16-15-30-25)32-27(33-34)21-11-9-20(10-12-21)19-5-2-1-3-6-19/h1-18H,(H,35,36). The van der Waals surface area contributed by atoms with Gasteiger partial charge in [0.15, 0.2) is 11.6 Å². The van der Waals surface area contributed by atoms with Gasteiger partial charge in [-0.05, 0) is 47.5 Å². The summed E-state index contributed by atoms with van der Waals surface area (Å²) >= 11 is 0. The third-order valence-electron chi connectivity index (χ3n) is 5.92. The number of nitrogens with zero attached hydrogens (tertiary/aromatic N) is 5. The van der Waals surface area contributed by atoms with Gasteiger partial charge in [0.2, 0.25) is 0 Å². The predicted octanol–water partition coefficient (Wildman–Crippen LogP) is 5.91. The molecule has 0 unspecified atom stereocenters. The molecule has 6 aromatic rings. The van der Waals surface area contributed by atoms with Crippen LogP contribution in [0.5, 0.6) is 0 Å². The van der Waals surface area contributed by atoms with Gasteiger partial charge in [0.1, 0.15) is 0 Å². The summed E-state index contributed by atoms with van der Waals surface area (Å²) in [4.78, 5) is 25.2. The number of aromatic carboxylic acids is 1. The number of fused-ring (bicyclic) bond motifs is 1. The first-order valence-electron chi connectivity index (χ1n) is 11.3. The van der Waals surface area contributed by atoms with E-state index in [4.69, 9.17) is 10.1 Å². The molecule has 0 fully saturated rings. The van der Waals surface area contributed by atoms with Crippen LogP contribution >= 0.6 is 0 Å². The van der Waals surface area contributed by atoms with Crippen LogP contribution in [0.15, 0.2) is 109 Å². The highest BCUT2D eigenvalue weighted by atomic mass is 16.4. The van der Waals surface area contributed by atoms with Crippen LogP contribution in [0.3, 0.4) is 0 Å². The van der Waals surface area contributed by atoms with Crippen LogP contribution in [0.4, 0.5) is 0 Å². The predicted molar refractivity (Wildman–Crippen MR) is 138 cm³/mol. The second-order valence-electron chi connectivity index (χ2n) is 8.23. The van der Waals surface area contributed by atoms with E-state index in [1.54, 1.807) is 35.3 Å². The van der Waals surface area contributed by atoms with Crippen molar-refractivity contribution in [1.82, 2.24) is 24.7 Å². The van der Waals surface area contributed by atoms with Crippen molar-refractivity contribution in [2.24, 2.45) is 0 Å². The average molecular weight is 470 g/mol. The molecule has 0 saturated carbocycles. The Morgan fingerprint density at radius 3 is 2.14 bits per heavy atom. The van der Waals surface area contributed by atoms with E-state index in [0.717, 1.165) is 33.3 Å². The molecule has 1 N–H and O–H groups in total. The van der Waals surface area contributed by atoms with Crippen LogP contribution in [-0.2, 0) is 0 Å². The fraction of sp³-hybridized carbons (Fsp3) is 0. The van der Waals surface area contributed by atoms with E-state index < -0.39 is 5.97 Å². The number of carboxylic acid groups (broad SMARTS) is 1. The van der Waals surface area contributed by atoms with Crippen molar-refractivity contribution in [3.8, 4) is 39.6 Å². The van der Waals surface area contributed by atoms with E-state index in [0.29, 0.717) is 17.3 Å². The van der Waals surface area contributed by atoms with Crippen molar-refractivity contribution in [1.29, 1.82) is 0 Å². The molecule has 0 atom stereocenters. The topological polar surface area (TPSA) is 93.8 Å². The van der Waals surface area contributed by atoms with Gasteiger partial charge in [0.25, 0.3) is 0 Å². The first-order chi connectivity index (χ1) is 17.7. The molecule has 2 aromatic heterocycles.